The predicted molar refractivity (Wildman–Crippen MR) is 64.5 cm³/mol. The zero-order chi connectivity index (χ0) is 11.4. The highest BCUT2D eigenvalue weighted by Crippen LogP contribution is 2.19. The van der Waals surface area contributed by atoms with E-state index in [0.717, 1.165) is 18.7 Å². The molecule has 0 radical (unpaired) electrons. The quantitative estimate of drug-likeness (QED) is 0.609. The molecule has 0 aliphatic carbocycles. The predicted octanol–water partition coefficient (Wildman–Crippen LogP) is 2.08. The highest BCUT2D eigenvalue weighted by molar-refractivity contribution is 6.31. The van der Waals surface area contributed by atoms with Crippen molar-refractivity contribution in [2.75, 3.05) is 13.6 Å². The van der Waals surface area contributed by atoms with Gasteiger partial charge in [0.25, 0.3) is 0 Å². The van der Waals surface area contributed by atoms with Crippen LogP contribution >= 0.6 is 11.6 Å². The first kappa shape index (κ1) is 12.0. The molecule has 0 heterocycles. The number of halogens is 1. The fourth-order valence-corrected chi connectivity index (χ4v) is 1.49. The van der Waals surface area contributed by atoms with E-state index in [4.69, 9.17) is 22.7 Å². The molecule has 3 N–H and O–H groups in total. The van der Waals surface area contributed by atoms with Crippen LogP contribution in [0.3, 0.4) is 0 Å². The smallest absolute Gasteiger partial charge is 0.122 e. The average Bonchev–Trinajstić information content (AvgIpc) is 2.20. The number of amidine groups is 1. The van der Waals surface area contributed by atoms with Gasteiger partial charge in [-0.15, -0.1) is 0 Å². The third-order valence-corrected chi connectivity index (χ3v) is 2.70. The van der Waals surface area contributed by atoms with Crippen molar-refractivity contribution in [3.8, 4) is 0 Å². The van der Waals surface area contributed by atoms with Crippen LogP contribution < -0.4 is 5.73 Å². The molecule has 0 aliphatic rings. The second-order valence-electron chi connectivity index (χ2n) is 3.55. The normalized spacial score (nSPS) is 10.7. The summed E-state index contributed by atoms with van der Waals surface area (Å²) in [7, 11) is 2.04. The number of rotatable bonds is 4. The lowest BCUT2D eigenvalue weighted by Crippen LogP contribution is -2.17. The number of hydrogen-bond donors (Lipinski definition) is 2. The maximum atomic E-state index is 7.29. The monoisotopic (exact) mass is 225 g/mol. The van der Waals surface area contributed by atoms with Gasteiger partial charge in [0.1, 0.15) is 5.84 Å². The fourth-order valence-electron chi connectivity index (χ4n) is 1.25. The lowest BCUT2D eigenvalue weighted by molar-refractivity contribution is 0.346. The van der Waals surface area contributed by atoms with Gasteiger partial charge in [-0.1, -0.05) is 30.7 Å². The standard InChI is InChI=1S/C11H16ClN3/c1-3-15(2)7-9-5-4-8(11(13)14)6-10(9)12/h4-6H,3,7H2,1-2H3,(H3,13,14). The number of nitrogens with two attached hydrogens (primary N) is 1. The number of hydrogen-bond acceptors (Lipinski definition) is 2. The highest BCUT2D eigenvalue weighted by Gasteiger charge is 2.05. The Morgan fingerprint density at radius 2 is 2.20 bits per heavy atom. The summed E-state index contributed by atoms with van der Waals surface area (Å²) in [6, 6.07) is 5.49. The Morgan fingerprint density at radius 1 is 1.53 bits per heavy atom. The fraction of sp³-hybridized carbons (Fsp3) is 0.364. The van der Waals surface area contributed by atoms with E-state index in [1.807, 2.05) is 19.2 Å². The van der Waals surface area contributed by atoms with Gasteiger partial charge in [0.2, 0.25) is 0 Å². The van der Waals surface area contributed by atoms with E-state index in [1.54, 1.807) is 6.07 Å². The van der Waals surface area contributed by atoms with Gasteiger partial charge in [0.15, 0.2) is 0 Å². The molecule has 0 saturated heterocycles. The molecule has 0 amide bonds. The number of nitrogen functional groups attached to an aromatic ring is 1. The first-order valence-electron chi connectivity index (χ1n) is 4.86. The van der Waals surface area contributed by atoms with Gasteiger partial charge in [-0.3, -0.25) is 5.41 Å². The molecule has 0 aromatic heterocycles. The number of nitrogens with zero attached hydrogens (tertiary/aromatic N) is 1. The van der Waals surface area contributed by atoms with Gasteiger partial charge in [-0.2, -0.15) is 0 Å². The first-order chi connectivity index (χ1) is 7.04. The van der Waals surface area contributed by atoms with Gasteiger partial charge in [0.05, 0.1) is 0 Å². The molecule has 3 nitrogen and oxygen atoms in total. The Bertz CT molecular complexity index is 363. The van der Waals surface area contributed by atoms with Crippen LogP contribution in [-0.2, 0) is 6.54 Å². The van der Waals surface area contributed by atoms with Crippen molar-refractivity contribution in [3.63, 3.8) is 0 Å². The third-order valence-electron chi connectivity index (χ3n) is 2.34. The maximum Gasteiger partial charge on any atom is 0.122 e. The summed E-state index contributed by atoms with van der Waals surface area (Å²) in [6.07, 6.45) is 0. The van der Waals surface area contributed by atoms with Gasteiger partial charge >= 0.3 is 0 Å². The Kier molecular flexibility index (Phi) is 4.12. The Labute approximate surface area is 95.3 Å². The van der Waals surface area contributed by atoms with Crippen molar-refractivity contribution >= 4 is 17.4 Å². The van der Waals surface area contributed by atoms with Crippen molar-refractivity contribution in [2.24, 2.45) is 5.73 Å². The molecular weight excluding hydrogens is 210 g/mol. The van der Waals surface area contributed by atoms with E-state index < -0.39 is 0 Å². The lowest BCUT2D eigenvalue weighted by atomic mass is 10.1. The minimum absolute atomic E-state index is 0.0484. The van der Waals surface area contributed by atoms with E-state index in [2.05, 4.69) is 11.8 Å². The molecule has 1 aromatic carbocycles. The van der Waals surface area contributed by atoms with Gasteiger partial charge in [-0.05, 0) is 25.2 Å². The summed E-state index contributed by atoms with van der Waals surface area (Å²) in [5, 5.41) is 7.96. The number of benzene rings is 1. The molecule has 0 bridgehead atoms. The van der Waals surface area contributed by atoms with Crippen molar-refractivity contribution in [2.45, 2.75) is 13.5 Å². The van der Waals surface area contributed by atoms with Crippen molar-refractivity contribution in [3.05, 3.63) is 34.3 Å². The minimum Gasteiger partial charge on any atom is -0.384 e. The van der Waals surface area contributed by atoms with E-state index in [1.165, 1.54) is 0 Å². The van der Waals surface area contributed by atoms with Crippen LogP contribution in [0.15, 0.2) is 18.2 Å². The summed E-state index contributed by atoms with van der Waals surface area (Å²) in [6.45, 7) is 3.89. The second kappa shape index (κ2) is 5.14. The molecule has 1 rings (SSSR count). The van der Waals surface area contributed by atoms with Crippen LogP contribution in [0.25, 0.3) is 0 Å². The molecule has 4 heteroatoms. The Hall–Kier alpha value is -1.06. The van der Waals surface area contributed by atoms with E-state index in [9.17, 15) is 0 Å². The zero-order valence-corrected chi connectivity index (χ0v) is 9.80. The number of nitrogens with one attached hydrogen (secondary N) is 1. The van der Waals surface area contributed by atoms with Crippen molar-refractivity contribution < 1.29 is 0 Å². The van der Waals surface area contributed by atoms with Gasteiger partial charge in [0, 0.05) is 17.1 Å². The molecule has 82 valence electrons. The van der Waals surface area contributed by atoms with Gasteiger partial charge < -0.3 is 10.6 Å². The summed E-state index contributed by atoms with van der Waals surface area (Å²) in [5.41, 5.74) is 7.10. The van der Waals surface area contributed by atoms with E-state index in [-0.39, 0.29) is 5.84 Å². The zero-order valence-electron chi connectivity index (χ0n) is 9.05. The molecule has 0 fully saturated rings. The molecular formula is C11H16ClN3. The SMILES string of the molecule is CCN(C)Cc1ccc(C(=N)N)cc1Cl. The van der Waals surface area contributed by atoms with Crippen LogP contribution in [0.4, 0.5) is 0 Å². The molecule has 0 saturated carbocycles. The highest BCUT2D eigenvalue weighted by atomic mass is 35.5. The molecule has 1 aromatic rings. The molecule has 0 spiro atoms. The molecule has 0 unspecified atom stereocenters. The first-order valence-corrected chi connectivity index (χ1v) is 5.23. The van der Waals surface area contributed by atoms with Crippen molar-refractivity contribution in [1.82, 2.24) is 4.90 Å². The van der Waals surface area contributed by atoms with E-state index >= 15 is 0 Å². The van der Waals surface area contributed by atoms with Crippen LogP contribution in [0.1, 0.15) is 18.1 Å². The average molecular weight is 226 g/mol. The topological polar surface area (TPSA) is 53.1 Å². The minimum atomic E-state index is 0.0484. The largest absolute Gasteiger partial charge is 0.384 e. The summed E-state index contributed by atoms with van der Waals surface area (Å²) in [5.74, 6) is 0.0484. The van der Waals surface area contributed by atoms with Gasteiger partial charge in [-0.25, -0.2) is 0 Å². The lowest BCUT2D eigenvalue weighted by Gasteiger charge is -2.15. The molecule has 0 aliphatic heterocycles. The van der Waals surface area contributed by atoms with Crippen LogP contribution in [-0.4, -0.2) is 24.3 Å². The Balaban J connectivity index is 2.88. The molecule has 0 atom stereocenters. The summed E-state index contributed by atoms with van der Waals surface area (Å²) >= 11 is 6.10. The van der Waals surface area contributed by atoms with E-state index in [0.29, 0.717) is 10.6 Å². The van der Waals surface area contributed by atoms with Crippen LogP contribution in [0.2, 0.25) is 5.02 Å². The Morgan fingerprint density at radius 3 is 2.67 bits per heavy atom. The maximum absolute atomic E-state index is 7.29. The third kappa shape index (κ3) is 3.22. The van der Waals surface area contributed by atoms with Crippen molar-refractivity contribution in [1.29, 1.82) is 5.41 Å². The molecule has 15 heavy (non-hydrogen) atoms. The summed E-state index contributed by atoms with van der Waals surface area (Å²) in [4.78, 5) is 2.16. The van der Waals surface area contributed by atoms with Crippen LogP contribution in [0, 0.1) is 5.41 Å². The second-order valence-corrected chi connectivity index (χ2v) is 3.96. The summed E-state index contributed by atoms with van der Waals surface area (Å²) < 4.78 is 0. The van der Waals surface area contributed by atoms with Crippen LogP contribution in [0.5, 0.6) is 0 Å².